The second-order valence-electron chi connectivity index (χ2n) is 4.29. The fourth-order valence-electron chi connectivity index (χ4n) is 1.47. The van der Waals surface area contributed by atoms with Gasteiger partial charge in [0.25, 0.3) is 0 Å². The maximum absolute atomic E-state index is 6.14. The van der Waals surface area contributed by atoms with Gasteiger partial charge in [-0.25, -0.2) is 0 Å². The van der Waals surface area contributed by atoms with Crippen LogP contribution in [0.3, 0.4) is 0 Å². The lowest BCUT2D eigenvalue weighted by Gasteiger charge is -2.30. The van der Waals surface area contributed by atoms with Gasteiger partial charge < -0.3 is 15.2 Å². The minimum absolute atomic E-state index is 0.145. The van der Waals surface area contributed by atoms with Crippen molar-refractivity contribution in [1.29, 1.82) is 0 Å². The fraction of sp³-hybridized carbons (Fsp3) is 0.538. The Hall–Kier alpha value is -1.06. The largest absolute Gasteiger partial charge is 0.494 e. The van der Waals surface area contributed by atoms with Crippen LogP contribution in [0.25, 0.3) is 0 Å². The Bertz CT molecular complexity index is 319. The molecule has 0 bridgehead atoms. The van der Waals surface area contributed by atoms with Crippen molar-refractivity contribution in [2.45, 2.75) is 32.4 Å². The van der Waals surface area contributed by atoms with E-state index in [1.54, 1.807) is 7.11 Å². The molecule has 0 heterocycles. The summed E-state index contributed by atoms with van der Waals surface area (Å²) in [6.45, 7) is 6.60. The molecule has 0 aromatic heterocycles. The van der Waals surface area contributed by atoms with Crippen molar-refractivity contribution >= 4 is 0 Å². The van der Waals surface area contributed by atoms with Gasteiger partial charge >= 0.3 is 0 Å². The average Bonchev–Trinajstić information content (AvgIpc) is 2.29. The fourth-order valence-corrected chi connectivity index (χ4v) is 1.47. The number of ether oxygens (including phenoxy) is 2. The molecular formula is C13H21NO2. The van der Waals surface area contributed by atoms with Gasteiger partial charge in [0.05, 0.1) is 18.2 Å². The van der Waals surface area contributed by atoms with E-state index < -0.39 is 0 Å². The Morgan fingerprint density at radius 2 is 1.81 bits per heavy atom. The van der Waals surface area contributed by atoms with Gasteiger partial charge in [0.1, 0.15) is 5.75 Å². The maximum Gasteiger partial charge on any atom is 0.119 e. The van der Waals surface area contributed by atoms with Gasteiger partial charge in [0, 0.05) is 7.11 Å². The van der Waals surface area contributed by atoms with E-state index in [-0.39, 0.29) is 11.6 Å². The molecule has 0 saturated heterocycles. The summed E-state index contributed by atoms with van der Waals surface area (Å²) in [4.78, 5) is 0. The van der Waals surface area contributed by atoms with Gasteiger partial charge in [-0.3, -0.25) is 0 Å². The third-order valence-corrected chi connectivity index (χ3v) is 2.83. The van der Waals surface area contributed by atoms with Crippen LogP contribution < -0.4 is 10.5 Å². The molecule has 16 heavy (non-hydrogen) atoms. The number of nitrogens with two attached hydrogens (primary N) is 1. The summed E-state index contributed by atoms with van der Waals surface area (Å²) in [6.07, 6.45) is 0. The van der Waals surface area contributed by atoms with Crippen LogP contribution in [0.5, 0.6) is 5.75 Å². The van der Waals surface area contributed by atoms with Crippen LogP contribution >= 0.6 is 0 Å². The standard InChI is InChI=1S/C13H21NO2/c1-5-16-11-8-6-10(7-9-11)12(14)13(2,3)15-4/h6-9,12H,5,14H2,1-4H3. The number of hydrogen-bond acceptors (Lipinski definition) is 3. The number of benzene rings is 1. The highest BCUT2D eigenvalue weighted by Gasteiger charge is 2.27. The van der Waals surface area contributed by atoms with Gasteiger partial charge in [0.2, 0.25) is 0 Å². The number of hydrogen-bond donors (Lipinski definition) is 1. The number of rotatable bonds is 5. The van der Waals surface area contributed by atoms with Gasteiger partial charge in [-0.1, -0.05) is 12.1 Å². The Labute approximate surface area is 97.6 Å². The highest BCUT2D eigenvalue weighted by atomic mass is 16.5. The van der Waals surface area contributed by atoms with Crippen molar-refractivity contribution in [3.63, 3.8) is 0 Å². The van der Waals surface area contributed by atoms with Crippen molar-refractivity contribution in [3.05, 3.63) is 29.8 Å². The third-order valence-electron chi connectivity index (χ3n) is 2.83. The van der Waals surface area contributed by atoms with Gasteiger partial charge in [0.15, 0.2) is 0 Å². The first kappa shape index (κ1) is 13.0. The Kier molecular flexibility index (Phi) is 4.33. The van der Waals surface area contributed by atoms with Gasteiger partial charge in [-0.15, -0.1) is 0 Å². The predicted molar refractivity (Wildman–Crippen MR) is 65.6 cm³/mol. The zero-order valence-corrected chi connectivity index (χ0v) is 10.5. The van der Waals surface area contributed by atoms with E-state index in [9.17, 15) is 0 Å². The Morgan fingerprint density at radius 1 is 1.25 bits per heavy atom. The van der Waals surface area contributed by atoms with Crippen LogP contribution in [0.4, 0.5) is 0 Å². The molecule has 0 aliphatic heterocycles. The summed E-state index contributed by atoms with van der Waals surface area (Å²) in [7, 11) is 1.68. The van der Waals surface area contributed by atoms with E-state index in [1.807, 2.05) is 45.0 Å². The first-order valence-electron chi connectivity index (χ1n) is 5.54. The molecule has 1 aromatic rings. The van der Waals surface area contributed by atoms with Crippen LogP contribution in [0.1, 0.15) is 32.4 Å². The van der Waals surface area contributed by atoms with Crippen molar-refractivity contribution in [2.75, 3.05) is 13.7 Å². The van der Waals surface area contributed by atoms with Crippen molar-refractivity contribution < 1.29 is 9.47 Å². The molecule has 1 rings (SSSR count). The quantitative estimate of drug-likeness (QED) is 0.834. The predicted octanol–water partition coefficient (Wildman–Crippen LogP) is 2.51. The van der Waals surface area contributed by atoms with Gasteiger partial charge in [-0.2, -0.15) is 0 Å². The maximum atomic E-state index is 6.14. The van der Waals surface area contributed by atoms with E-state index in [1.165, 1.54) is 0 Å². The van der Waals surface area contributed by atoms with Crippen LogP contribution in [0.2, 0.25) is 0 Å². The molecule has 1 aromatic carbocycles. The molecule has 1 atom stereocenters. The summed E-state index contributed by atoms with van der Waals surface area (Å²) in [5.41, 5.74) is 6.82. The summed E-state index contributed by atoms with van der Waals surface area (Å²) >= 11 is 0. The summed E-state index contributed by atoms with van der Waals surface area (Å²) in [6, 6.07) is 7.69. The Balaban J connectivity index is 2.81. The van der Waals surface area contributed by atoms with Crippen LogP contribution in [0.15, 0.2) is 24.3 Å². The van der Waals surface area contributed by atoms with Crippen LogP contribution in [-0.4, -0.2) is 19.3 Å². The van der Waals surface area contributed by atoms with E-state index in [2.05, 4.69) is 0 Å². The molecule has 0 radical (unpaired) electrons. The summed E-state index contributed by atoms with van der Waals surface area (Å²) in [5, 5.41) is 0. The lowest BCUT2D eigenvalue weighted by Crippen LogP contribution is -2.37. The SMILES string of the molecule is CCOc1ccc(C(N)C(C)(C)OC)cc1. The van der Waals surface area contributed by atoms with Gasteiger partial charge in [-0.05, 0) is 38.5 Å². The van der Waals surface area contributed by atoms with E-state index in [4.69, 9.17) is 15.2 Å². The van der Waals surface area contributed by atoms with Crippen molar-refractivity contribution in [2.24, 2.45) is 5.73 Å². The molecule has 90 valence electrons. The first-order chi connectivity index (χ1) is 7.51. The molecule has 1 unspecified atom stereocenters. The van der Waals surface area contributed by atoms with E-state index in [0.717, 1.165) is 11.3 Å². The minimum atomic E-state index is -0.368. The second-order valence-corrected chi connectivity index (χ2v) is 4.29. The number of methoxy groups -OCH3 is 1. The Morgan fingerprint density at radius 3 is 2.25 bits per heavy atom. The normalized spacial score (nSPS) is 13.6. The smallest absolute Gasteiger partial charge is 0.119 e. The molecule has 0 aliphatic rings. The second kappa shape index (κ2) is 5.32. The minimum Gasteiger partial charge on any atom is -0.494 e. The molecule has 3 nitrogen and oxygen atoms in total. The van der Waals surface area contributed by atoms with Crippen molar-refractivity contribution in [1.82, 2.24) is 0 Å². The summed E-state index contributed by atoms with van der Waals surface area (Å²) < 4.78 is 10.8. The lowest BCUT2D eigenvalue weighted by atomic mass is 9.92. The third kappa shape index (κ3) is 2.97. The zero-order chi connectivity index (χ0) is 12.2. The monoisotopic (exact) mass is 223 g/mol. The molecule has 2 N–H and O–H groups in total. The average molecular weight is 223 g/mol. The van der Waals surface area contributed by atoms with E-state index >= 15 is 0 Å². The summed E-state index contributed by atoms with van der Waals surface area (Å²) in [5.74, 6) is 0.869. The molecule has 3 heteroatoms. The van der Waals surface area contributed by atoms with Crippen LogP contribution in [-0.2, 0) is 4.74 Å². The molecule has 0 saturated carbocycles. The topological polar surface area (TPSA) is 44.5 Å². The highest BCUT2D eigenvalue weighted by molar-refractivity contribution is 5.30. The van der Waals surface area contributed by atoms with Crippen LogP contribution in [0, 0.1) is 0 Å². The lowest BCUT2D eigenvalue weighted by molar-refractivity contribution is -0.0000442. The molecule has 0 amide bonds. The molecular weight excluding hydrogens is 202 g/mol. The first-order valence-corrected chi connectivity index (χ1v) is 5.54. The molecule has 0 fully saturated rings. The zero-order valence-electron chi connectivity index (χ0n) is 10.5. The molecule has 0 spiro atoms. The van der Waals surface area contributed by atoms with E-state index in [0.29, 0.717) is 6.61 Å². The highest BCUT2D eigenvalue weighted by Crippen LogP contribution is 2.27. The van der Waals surface area contributed by atoms with Crippen molar-refractivity contribution in [3.8, 4) is 5.75 Å². The molecule has 0 aliphatic carbocycles.